The molecule has 2 heterocycles. The minimum atomic E-state index is -0.342. The highest BCUT2D eigenvalue weighted by atomic mass is 32.2. The summed E-state index contributed by atoms with van der Waals surface area (Å²) in [6.07, 6.45) is 0. The second-order valence-electron chi connectivity index (χ2n) is 7.43. The fourth-order valence-electron chi connectivity index (χ4n) is 3.86. The average molecular weight is 449 g/mol. The lowest BCUT2D eigenvalue weighted by Crippen LogP contribution is -2.40. The number of thioether (sulfide) groups is 2. The molecule has 2 amide bonds. The molecular formula is C22H22F2N2O2S2. The van der Waals surface area contributed by atoms with Crippen LogP contribution in [0.1, 0.15) is 35.7 Å². The first kappa shape index (κ1) is 21.2. The first-order chi connectivity index (χ1) is 14.3. The summed E-state index contributed by atoms with van der Waals surface area (Å²) in [6, 6.07) is 12.6. The van der Waals surface area contributed by atoms with E-state index < -0.39 is 0 Å². The predicted molar refractivity (Wildman–Crippen MR) is 116 cm³/mol. The van der Waals surface area contributed by atoms with Gasteiger partial charge < -0.3 is 9.80 Å². The van der Waals surface area contributed by atoms with Crippen LogP contribution in [0.25, 0.3) is 0 Å². The van der Waals surface area contributed by atoms with Crippen molar-refractivity contribution in [1.29, 1.82) is 0 Å². The second kappa shape index (κ2) is 8.59. The van der Waals surface area contributed by atoms with Crippen LogP contribution in [0.5, 0.6) is 0 Å². The molecule has 2 saturated heterocycles. The van der Waals surface area contributed by atoms with Gasteiger partial charge in [-0.25, -0.2) is 8.78 Å². The van der Waals surface area contributed by atoms with Gasteiger partial charge in [0.1, 0.15) is 22.4 Å². The Labute approximate surface area is 183 Å². The van der Waals surface area contributed by atoms with Gasteiger partial charge in [-0.15, -0.1) is 23.5 Å². The van der Waals surface area contributed by atoms with Crippen LogP contribution in [0.15, 0.2) is 48.5 Å². The van der Waals surface area contributed by atoms with E-state index in [0.29, 0.717) is 13.1 Å². The lowest BCUT2D eigenvalue weighted by Gasteiger charge is -2.29. The summed E-state index contributed by atoms with van der Waals surface area (Å²) in [5.41, 5.74) is 1.46. The van der Waals surface area contributed by atoms with Crippen molar-refractivity contribution in [2.75, 3.05) is 13.1 Å². The molecule has 4 atom stereocenters. The van der Waals surface area contributed by atoms with Crippen LogP contribution in [-0.4, -0.2) is 45.2 Å². The van der Waals surface area contributed by atoms with Gasteiger partial charge in [-0.05, 0) is 49.2 Å². The van der Waals surface area contributed by atoms with E-state index in [1.807, 2.05) is 26.0 Å². The van der Waals surface area contributed by atoms with Crippen LogP contribution < -0.4 is 0 Å². The van der Waals surface area contributed by atoms with Crippen LogP contribution in [-0.2, 0) is 9.59 Å². The molecule has 0 spiro atoms. The van der Waals surface area contributed by atoms with Gasteiger partial charge in [0.2, 0.25) is 11.8 Å². The Kier molecular flexibility index (Phi) is 6.06. The number of carbonyl (C=O) groups is 2. The normalized spacial score (nSPS) is 26.7. The number of hydrogen-bond acceptors (Lipinski definition) is 4. The van der Waals surface area contributed by atoms with E-state index in [1.54, 1.807) is 21.9 Å². The van der Waals surface area contributed by atoms with Crippen LogP contribution in [0.3, 0.4) is 0 Å². The van der Waals surface area contributed by atoms with Crippen LogP contribution in [0, 0.1) is 11.6 Å². The van der Waals surface area contributed by atoms with Crippen molar-refractivity contribution in [3.05, 3.63) is 71.3 Å². The summed E-state index contributed by atoms with van der Waals surface area (Å²) in [6.45, 7) is 4.35. The van der Waals surface area contributed by atoms with Gasteiger partial charge in [-0.2, -0.15) is 0 Å². The molecule has 0 unspecified atom stereocenters. The highest BCUT2D eigenvalue weighted by molar-refractivity contribution is 8.01. The van der Waals surface area contributed by atoms with E-state index in [1.165, 1.54) is 47.8 Å². The third-order valence-corrected chi connectivity index (χ3v) is 8.13. The SMILES string of the molecule is C[C@@H]1S[C@H](c2cccc(F)c2)N(CCN2C(=O)[C@H](C)S[C@@H]2c2cccc(F)c2)C1=O. The Morgan fingerprint density at radius 2 is 1.17 bits per heavy atom. The molecule has 2 aliphatic heterocycles. The Bertz CT molecular complexity index is 896. The van der Waals surface area contributed by atoms with Crippen LogP contribution >= 0.6 is 23.5 Å². The van der Waals surface area contributed by atoms with Gasteiger partial charge in [0.25, 0.3) is 0 Å². The van der Waals surface area contributed by atoms with E-state index >= 15 is 0 Å². The number of carbonyl (C=O) groups excluding carboxylic acids is 2. The highest BCUT2D eigenvalue weighted by Crippen LogP contribution is 2.45. The molecular weight excluding hydrogens is 426 g/mol. The number of halogens is 2. The Morgan fingerprint density at radius 1 is 0.767 bits per heavy atom. The van der Waals surface area contributed by atoms with Crippen LogP contribution in [0.2, 0.25) is 0 Å². The van der Waals surface area contributed by atoms with E-state index in [4.69, 9.17) is 0 Å². The van der Waals surface area contributed by atoms with Crippen molar-refractivity contribution in [3.8, 4) is 0 Å². The van der Waals surface area contributed by atoms with Crippen molar-refractivity contribution < 1.29 is 18.4 Å². The molecule has 8 heteroatoms. The Hall–Kier alpha value is -2.06. The summed E-state index contributed by atoms with van der Waals surface area (Å²) in [5.74, 6) is -0.731. The molecule has 0 radical (unpaired) electrons. The average Bonchev–Trinajstić information content (AvgIpc) is 3.16. The maximum absolute atomic E-state index is 13.7. The molecule has 0 aliphatic carbocycles. The lowest BCUT2D eigenvalue weighted by molar-refractivity contribution is -0.133. The van der Waals surface area contributed by atoms with Crippen molar-refractivity contribution in [2.24, 2.45) is 0 Å². The molecule has 2 aliphatic rings. The largest absolute Gasteiger partial charge is 0.324 e. The van der Waals surface area contributed by atoms with Gasteiger partial charge in [0.15, 0.2) is 0 Å². The maximum atomic E-state index is 13.7. The van der Waals surface area contributed by atoms with E-state index in [-0.39, 0.29) is 44.7 Å². The number of rotatable bonds is 5. The van der Waals surface area contributed by atoms with Crippen molar-refractivity contribution in [2.45, 2.75) is 35.1 Å². The molecule has 30 heavy (non-hydrogen) atoms. The monoisotopic (exact) mass is 448 g/mol. The lowest BCUT2D eigenvalue weighted by atomic mass is 10.2. The highest BCUT2D eigenvalue weighted by Gasteiger charge is 2.42. The van der Waals surface area contributed by atoms with Crippen molar-refractivity contribution in [3.63, 3.8) is 0 Å². The Morgan fingerprint density at radius 3 is 1.53 bits per heavy atom. The summed E-state index contributed by atoms with van der Waals surface area (Å²) < 4.78 is 27.5. The third-order valence-electron chi connectivity index (χ3n) is 5.34. The number of amides is 2. The molecule has 0 saturated carbocycles. The maximum Gasteiger partial charge on any atom is 0.236 e. The second-order valence-corrected chi connectivity index (χ2v) is 10.3. The van der Waals surface area contributed by atoms with E-state index in [2.05, 4.69) is 0 Å². The molecule has 2 aromatic carbocycles. The van der Waals surface area contributed by atoms with Gasteiger partial charge in [0, 0.05) is 13.1 Å². The number of benzene rings is 2. The third kappa shape index (κ3) is 4.07. The molecule has 2 fully saturated rings. The molecule has 2 aromatic rings. The topological polar surface area (TPSA) is 40.6 Å². The molecule has 4 nitrogen and oxygen atoms in total. The summed E-state index contributed by atoms with van der Waals surface area (Å²) >= 11 is 2.96. The first-order valence-corrected chi connectivity index (χ1v) is 11.7. The standard InChI is InChI=1S/C22H22F2N2O2S2/c1-13-19(27)25(21(29-13)15-5-3-7-17(23)11-15)9-10-26-20(28)14(2)30-22(26)16-6-4-8-18(24)12-16/h3-8,11-14,21-22H,9-10H2,1-2H3/t13-,14-,21+,22+/m0/s1. The predicted octanol–water partition coefficient (Wildman–Crippen LogP) is 4.59. The number of nitrogens with zero attached hydrogens (tertiary/aromatic N) is 2. The number of hydrogen-bond donors (Lipinski definition) is 0. The van der Waals surface area contributed by atoms with Gasteiger partial charge in [-0.3, -0.25) is 9.59 Å². The van der Waals surface area contributed by atoms with E-state index in [9.17, 15) is 18.4 Å². The zero-order valence-corrected chi connectivity index (χ0v) is 18.3. The fraction of sp³-hybridized carbons (Fsp3) is 0.364. The van der Waals surface area contributed by atoms with Gasteiger partial charge in [0.05, 0.1) is 10.5 Å². The van der Waals surface area contributed by atoms with E-state index in [0.717, 1.165) is 11.1 Å². The zero-order chi connectivity index (χ0) is 21.4. The molecule has 4 rings (SSSR count). The van der Waals surface area contributed by atoms with Crippen molar-refractivity contribution >= 4 is 35.3 Å². The van der Waals surface area contributed by atoms with Crippen LogP contribution in [0.4, 0.5) is 8.78 Å². The minimum absolute atomic E-state index is 0.0242. The van der Waals surface area contributed by atoms with Gasteiger partial charge in [-0.1, -0.05) is 24.3 Å². The molecule has 0 aromatic heterocycles. The fourth-order valence-corrected chi connectivity index (χ4v) is 6.45. The summed E-state index contributed by atoms with van der Waals surface area (Å²) in [5, 5.41) is -1.06. The zero-order valence-electron chi connectivity index (χ0n) is 16.6. The summed E-state index contributed by atoms with van der Waals surface area (Å²) in [7, 11) is 0. The smallest absolute Gasteiger partial charge is 0.236 e. The van der Waals surface area contributed by atoms with Crippen molar-refractivity contribution in [1.82, 2.24) is 9.80 Å². The quantitative estimate of drug-likeness (QED) is 0.671. The summed E-state index contributed by atoms with van der Waals surface area (Å²) in [4.78, 5) is 29.0. The molecule has 0 N–H and O–H groups in total. The minimum Gasteiger partial charge on any atom is -0.324 e. The molecule has 158 valence electrons. The first-order valence-electron chi connectivity index (χ1n) is 9.78. The van der Waals surface area contributed by atoms with Gasteiger partial charge >= 0.3 is 0 Å². The molecule has 0 bridgehead atoms. The Balaban J connectivity index is 1.55.